The fraction of sp³-hybridized carbons (Fsp3) is 0.333. The lowest BCUT2D eigenvalue weighted by Crippen LogP contribution is -2.43. The fourth-order valence-electron chi connectivity index (χ4n) is 2.61. The van der Waals surface area contributed by atoms with Crippen LogP contribution in [-0.2, 0) is 6.54 Å². The summed E-state index contributed by atoms with van der Waals surface area (Å²) in [7, 11) is 3.86. The van der Waals surface area contributed by atoms with Crippen molar-refractivity contribution in [2.45, 2.75) is 19.5 Å². The van der Waals surface area contributed by atoms with Gasteiger partial charge in [0.25, 0.3) is 0 Å². The number of carbonyl (C=O) groups is 1. The lowest BCUT2D eigenvalue weighted by molar-refractivity contribution is 0.185. The maximum atomic E-state index is 14.0. The van der Waals surface area contributed by atoms with Crippen LogP contribution in [0.25, 0.3) is 0 Å². The maximum absolute atomic E-state index is 14.0. The van der Waals surface area contributed by atoms with Gasteiger partial charge in [-0.15, -0.1) is 0 Å². The number of hydrogen-bond acceptors (Lipinski definition) is 3. The summed E-state index contributed by atoms with van der Waals surface area (Å²) in [6.07, 6.45) is 0. The molecule has 0 aliphatic carbocycles. The number of hydrogen-bond donors (Lipinski definition) is 1. The third kappa shape index (κ3) is 6.08. The molecule has 2 amide bonds. The molecular formula is C21H25FN4O. The van der Waals surface area contributed by atoms with Crippen molar-refractivity contribution in [3.8, 4) is 6.07 Å². The van der Waals surface area contributed by atoms with Gasteiger partial charge < -0.3 is 15.1 Å². The highest BCUT2D eigenvalue weighted by atomic mass is 19.1. The largest absolute Gasteiger partial charge is 0.331 e. The van der Waals surface area contributed by atoms with E-state index in [0.29, 0.717) is 24.2 Å². The Morgan fingerprint density at radius 2 is 1.81 bits per heavy atom. The van der Waals surface area contributed by atoms with Crippen LogP contribution in [0.4, 0.5) is 9.18 Å². The van der Waals surface area contributed by atoms with Gasteiger partial charge in [-0.3, -0.25) is 0 Å². The molecule has 0 bridgehead atoms. The summed E-state index contributed by atoms with van der Waals surface area (Å²) in [5, 5.41) is 11.9. The van der Waals surface area contributed by atoms with E-state index in [4.69, 9.17) is 5.26 Å². The van der Waals surface area contributed by atoms with E-state index in [-0.39, 0.29) is 24.4 Å². The van der Waals surface area contributed by atoms with E-state index < -0.39 is 0 Å². The van der Waals surface area contributed by atoms with Crippen LogP contribution in [0, 0.1) is 17.1 Å². The minimum atomic E-state index is -0.319. The number of rotatable bonds is 7. The molecule has 0 radical (unpaired) electrons. The lowest BCUT2D eigenvalue weighted by atomic mass is 10.1. The van der Waals surface area contributed by atoms with Crippen molar-refractivity contribution in [3.63, 3.8) is 0 Å². The minimum Gasteiger partial charge on any atom is -0.331 e. The first-order chi connectivity index (χ1) is 12.9. The quantitative estimate of drug-likeness (QED) is 0.813. The Kier molecular flexibility index (Phi) is 7.33. The third-order valence-corrected chi connectivity index (χ3v) is 4.30. The summed E-state index contributed by atoms with van der Waals surface area (Å²) in [5.41, 5.74) is 1.96. The van der Waals surface area contributed by atoms with Gasteiger partial charge in [0, 0.05) is 18.7 Å². The lowest BCUT2D eigenvalue weighted by Gasteiger charge is -2.27. The van der Waals surface area contributed by atoms with Crippen molar-refractivity contribution in [2.75, 3.05) is 27.2 Å². The number of urea groups is 1. The van der Waals surface area contributed by atoms with Gasteiger partial charge >= 0.3 is 6.03 Å². The zero-order valence-electron chi connectivity index (χ0n) is 15.9. The van der Waals surface area contributed by atoms with Crippen molar-refractivity contribution in [1.29, 1.82) is 5.26 Å². The second-order valence-corrected chi connectivity index (χ2v) is 6.72. The highest BCUT2D eigenvalue weighted by Gasteiger charge is 2.18. The highest BCUT2D eigenvalue weighted by molar-refractivity contribution is 5.74. The van der Waals surface area contributed by atoms with Gasteiger partial charge in [-0.1, -0.05) is 30.3 Å². The summed E-state index contributed by atoms with van der Waals surface area (Å²) in [6.45, 7) is 3.24. The van der Waals surface area contributed by atoms with Crippen LogP contribution < -0.4 is 5.32 Å². The maximum Gasteiger partial charge on any atom is 0.318 e. The van der Waals surface area contributed by atoms with Gasteiger partial charge in [0.2, 0.25) is 0 Å². The van der Waals surface area contributed by atoms with Crippen molar-refractivity contribution >= 4 is 6.03 Å². The molecule has 0 saturated heterocycles. The molecule has 142 valence electrons. The molecule has 2 aromatic rings. The van der Waals surface area contributed by atoms with E-state index in [1.54, 1.807) is 35.2 Å². The van der Waals surface area contributed by atoms with E-state index in [2.05, 4.69) is 11.4 Å². The molecule has 6 heteroatoms. The molecule has 0 heterocycles. The number of benzene rings is 2. The van der Waals surface area contributed by atoms with Crippen LogP contribution in [0.5, 0.6) is 0 Å². The Morgan fingerprint density at radius 1 is 1.15 bits per heavy atom. The SMILES string of the molecule is CC(NC(=O)N(CCN(C)C)Cc1ccccc1F)c1ccc(C#N)cc1. The standard InChI is InChI=1S/C21H25FN4O/c1-16(18-10-8-17(14-23)9-11-18)24-21(27)26(13-12-25(2)3)15-19-6-4-5-7-20(19)22/h4-11,16H,12-13,15H2,1-3H3,(H,24,27). The average molecular weight is 368 g/mol. The molecule has 1 unspecified atom stereocenters. The first-order valence-electron chi connectivity index (χ1n) is 8.84. The summed E-state index contributed by atoms with van der Waals surface area (Å²) < 4.78 is 14.0. The van der Waals surface area contributed by atoms with Crippen molar-refractivity contribution in [2.24, 2.45) is 0 Å². The van der Waals surface area contributed by atoms with E-state index in [0.717, 1.165) is 5.56 Å². The number of carbonyl (C=O) groups excluding carboxylic acids is 1. The third-order valence-electron chi connectivity index (χ3n) is 4.30. The van der Waals surface area contributed by atoms with Crippen molar-refractivity contribution in [1.82, 2.24) is 15.1 Å². The molecule has 2 aromatic carbocycles. The molecular weight excluding hydrogens is 343 g/mol. The second kappa shape index (κ2) is 9.70. The van der Waals surface area contributed by atoms with Gasteiger partial charge in [0.15, 0.2) is 0 Å². The van der Waals surface area contributed by atoms with Crippen LogP contribution in [-0.4, -0.2) is 43.0 Å². The minimum absolute atomic E-state index is 0.201. The topological polar surface area (TPSA) is 59.4 Å². The van der Waals surface area contributed by atoms with Gasteiger partial charge in [-0.2, -0.15) is 5.26 Å². The number of likely N-dealkylation sites (N-methyl/N-ethyl adjacent to an activating group) is 1. The summed E-state index contributed by atoms with van der Waals surface area (Å²) in [6, 6.07) is 15.2. The van der Waals surface area contributed by atoms with Crippen LogP contribution in [0.3, 0.4) is 0 Å². The van der Waals surface area contributed by atoms with Crippen LogP contribution in [0.15, 0.2) is 48.5 Å². The first kappa shape index (κ1) is 20.4. The number of nitriles is 1. The molecule has 0 aromatic heterocycles. The predicted octanol–water partition coefficient (Wildman–Crippen LogP) is 3.53. The monoisotopic (exact) mass is 368 g/mol. The molecule has 2 rings (SSSR count). The number of nitrogens with zero attached hydrogens (tertiary/aromatic N) is 3. The van der Waals surface area contributed by atoms with E-state index >= 15 is 0 Å². The number of nitrogens with one attached hydrogen (secondary N) is 1. The molecule has 1 atom stereocenters. The van der Waals surface area contributed by atoms with Gasteiger partial charge in [0.1, 0.15) is 5.82 Å². The Labute approximate surface area is 160 Å². The van der Waals surface area contributed by atoms with Gasteiger partial charge in [0.05, 0.1) is 24.2 Å². The molecule has 0 fully saturated rings. The summed E-state index contributed by atoms with van der Waals surface area (Å²) >= 11 is 0. The van der Waals surface area contributed by atoms with Gasteiger partial charge in [-0.25, -0.2) is 9.18 Å². The van der Waals surface area contributed by atoms with E-state index in [1.165, 1.54) is 6.07 Å². The Hall–Kier alpha value is -2.91. The fourth-order valence-corrected chi connectivity index (χ4v) is 2.61. The summed E-state index contributed by atoms with van der Waals surface area (Å²) in [5.74, 6) is -0.319. The summed E-state index contributed by atoms with van der Waals surface area (Å²) in [4.78, 5) is 16.4. The Bertz CT molecular complexity index is 799. The highest BCUT2D eigenvalue weighted by Crippen LogP contribution is 2.15. The molecule has 0 spiro atoms. The van der Waals surface area contributed by atoms with Crippen LogP contribution in [0.2, 0.25) is 0 Å². The van der Waals surface area contributed by atoms with Crippen LogP contribution >= 0.6 is 0 Å². The number of amides is 2. The molecule has 0 aliphatic rings. The van der Waals surface area contributed by atoms with Crippen LogP contribution in [0.1, 0.15) is 29.7 Å². The smallest absolute Gasteiger partial charge is 0.318 e. The Morgan fingerprint density at radius 3 is 2.41 bits per heavy atom. The van der Waals surface area contributed by atoms with Gasteiger partial charge in [-0.05, 0) is 44.8 Å². The van der Waals surface area contributed by atoms with Crippen molar-refractivity contribution < 1.29 is 9.18 Å². The molecule has 1 N–H and O–H groups in total. The molecule has 5 nitrogen and oxygen atoms in total. The van der Waals surface area contributed by atoms with Crippen molar-refractivity contribution in [3.05, 3.63) is 71.0 Å². The average Bonchev–Trinajstić information content (AvgIpc) is 2.66. The predicted molar refractivity (Wildman–Crippen MR) is 103 cm³/mol. The van der Waals surface area contributed by atoms with E-state index in [1.807, 2.05) is 38.1 Å². The zero-order chi connectivity index (χ0) is 19.8. The zero-order valence-corrected chi connectivity index (χ0v) is 15.9. The number of halogens is 1. The Balaban J connectivity index is 2.09. The normalized spacial score (nSPS) is 11.7. The molecule has 0 saturated carbocycles. The second-order valence-electron chi connectivity index (χ2n) is 6.72. The van der Waals surface area contributed by atoms with E-state index in [9.17, 15) is 9.18 Å². The molecule has 27 heavy (non-hydrogen) atoms. The molecule has 0 aliphatic heterocycles. The first-order valence-corrected chi connectivity index (χ1v) is 8.84.